The fourth-order valence-corrected chi connectivity index (χ4v) is 2.50. The summed E-state index contributed by atoms with van der Waals surface area (Å²) in [6, 6.07) is 3.34. The number of hydrogen-bond acceptors (Lipinski definition) is 3. The monoisotopic (exact) mass is 295 g/mol. The number of halogens is 1. The lowest BCUT2D eigenvalue weighted by molar-refractivity contribution is -0.131. The van der Waals surface area contributed by atoms with E-state index >= 15 is 0 Å². The number of benzene rings is 1. The number of hydrogen-bond donors (Lipinski definition) is 2. The normalized spacial score (nSPS) is 16.1. The molecule has 0 unspecified atom stereocenters. The molecule has 0 aromatic heterocycles. The minimum Gasteiger partial charge on any atom is -0.478 e. The van der Waals surface area contributed by atoms with Gasteiger partial charge < -0.3 is 15.2 Å². The van der Waals surface area contributed by atoms with Crippen LogP contribution in [0.25, 0.3) is 0 Å². The lowest BCUT2D eigenvalue weighted by Gasteiger charge is -2.40. The fraction of sp³-hybridized carbons (Fsp3) is 0.467. The van der Waals surface area contributed by atoms with Crippen molar-refractivity contribution in [3.8, 4) is 0 Å². The Kier molecular flexibility index (Phi) is 4.57. The number of amides is 1. The van der Waals surface area contributed by atoms with Crippen LogP contribution in [0, 0.1) is 11.2 Å². The summed E-state index contributed by atoms with van der Waals surface area (Å²) in [5, 5.41) is 11.4. The molecule has 1 amide bonds. The molecule has 5 nitrogen and oxygen atoms in total. The number of nitrogens with one attached hydrogen (secondary N) is 1. The minimum absolute atomic E-state index is 0.0637. The summed E-state index contributed by atoms with van der Waals surface area (Å²) in [6.45, 7) is 0.463. The van der Waals surface area contributed by atoms with Gasteiger partial charge in [-0.15, -0.1) is 0 Å². The lowest BCUT2D eigenvalue weighted by Crippen LogP contribution is -2.43. The maximum Gasteiger partial charge on any atom is 0.335 e. The molecule has 1 aliphatic rings. The number of ether oxygens (including phenoxy) is 1. The number of anilines is 1. The Balaban J connectivity index is 2.15. The zero-order valence-electron chi connectivity index (χ0n) is 11.8. The van der Waals surface area contributed by atoms with E-state index in [1.807, 2.05) is 0 Å². The zero-order valence-corrected chi connectivity index (χ0v) is 11.8. The quantitative estimate of drug-likeness (QED) is 0.846. The summed E-state index contributed by atoms with van der Waals surface area (Å²) in [5.41, 5.74) is -0.684. The molecule has 2 rings (SSSR count). The molecule has 0 bridgehead atoms. The van der Waals surface area contributed by atoms with Crippen LogP contribution in [0.1, 0.15) is 36.0 Å². The number of carboxylic acid groups (broad SMARTS) is 1. The Morgan fingerprint density at radius 3 is 2.67 bits per heavy atom. The molecule has 6 heteroatoms. The van der Waals surface area contributed by atoms with Crippen LogP contribution >= 0.6 is 0 Å². The highest BCUT2D eigenvalue weighted by Gasteiger charge is 2.43. The molecule has 1 aliphatic carbocycles. The van der Waals surface area contributed by atoms with Crippen molar-refractivity contribution in [3.63, 3.8) is 0 Å². The van der Waals surface area contributed by atoms with Crippen LogP contribution in [0.2, 0.25) is 0 Å². The topological polar surface area (TPSA) is 75.6 Å². The van der Waals surface area contributed by atoms with Crippen molar-refractivity contribution in [2.24, 2.45) is 5.41 Å². The van der Waals surface area contributed by atoms with E-state index in [0.29, 0.717) is 13.0 Å². The maximum atomic E-state index is 13.7. The van der Waals surface area contributed by atoms with Gasteiger partial charge in [0.1, 0.15) is 5.82 Å². The standard InChI is InChI=1S/C15H18FNO4/c1-21-8-7-15(5-2-6-15)14(20)17-12-9-10(13(18)19)3-4-11(12)16/h3-4,9H,2,5-8H2,1H3,(H,17,20)(H,18,19). The van der Waals surface area contributed by atoms with Gasteiger partial charge in [-0.05, 0) is 37.5 Å². The van der Waals surface area contributed by atoms with Gasteiger partial charge in [0, 0.05) is 13.7 Å². The van der Waals surface area contributed by atoms with E-state index in [9.17, 15) is 14.0 Å². The minimum atomic E-state index is -1.16. The second-order valence-electron chi connectivity index (χ2n) is 5.33. The summed E-state index contributed by atoms with van der Waals surface area (Å²) in [6.07, 6.45) is 3.01. The molecule has 1 aromatic rings. The number of methoxy groups -OCH3 is 1. The summed E-state index contributed by atoms with van der Waals surface area (Å²) >= 11 is 0. The van der Waals surface area contributed by atoms with Gasteiger partial charge in [-0.1, -0.05) is 6.42 Å². The first-order chi connectivity index (χ1) is 9.98. The lowest BCUT2D eigenvalue weighted by atomic mass is 9.66. The van der Waals surface area contributed by atoms with Crippen LogP contribution in [0.4, 0.5) is 10.1 Å². The van der Waals surface area contributed by atoms with E-state index in [1.54, 1.807) is 7.11 Å². The van der Waals surface area contributed by atoms with Crippen LogP contribution in [0.15, 0.2) is 18.2 Å². The van der Waals surface area contributed by atoms with E-state index < -0.39 is 17.2 Å². The van der Waals surface area contributed by atoms with E-state index in [-0.39, 0.29) is 17.2 Å². The highest BCUT2D eigenvalue weighted by atomic mass is 19.1. The molecule has 0 radical (unpaired) electrons. The van der Waals surface area contributed by atoms with Crippen LogP contribution in [0.5, 0.6) is 0 Å². The van der Waals surface area contributed by atoms with Gasteiger partial charge in [-0.25, -0.2) is 9.18 Å². The van der Waals surface area contributed by atoms with Crippen molar-refractivity contribution in [1.29, 1.82) is 0 Å². The predicted octanol–water partition coefficient (Wildman–Crippen LogP) is 2.67. The molecule has 1 aromatic carbocycles. The fourth-order valence-electron chi connectivity index (χ4n) is 2.50. The zero-order chi connectivity index (χ0) is 15.5. The number of carbonyl (C=O) groups excluding carboxylic acids is 1. The van der Waals surface area contributed by atoms with Crippen molar-refractivity contribution in [2.45, 2.75) is 25.7 Å². The molecular weight excluding hydrogens is 277 g/mol. The Hall–Kier alpha value is -1.95. The first-order valence-corrected chi connectivity index (χ1v) is 6.82. The van der Waals surface area contributed by atoms with Gasteiger partial charge in [0.15, 0.2) is 0 Å². The summed E-state index contributed by atoms with van der Waals surface area (Å²) in [5.74, 6) is -2.08. The highest BCUT2D eigenvalue weighted by Crippen LogP contribution is 2.45. The van der Waals surface area contributed by atoms with Gasteiger partial charge in [-0.2, -0.15) is 0 Å². The number of aromatic carboxylic acids is 1. The van der Waals surface area contributed by atoms with Gasteiger partial charge in [-0.3, -0.25) is 4.79 Å². The largest absolute Gasteiger partial charge is 0.478 e. The molecule has 0 atom stereocenters. The van der Waals surface area contributed by atoms with Crippen LogP contribution in [-0.2, 0) is 9.53 Å². The van der Waals surface area contributed by atoms with E-state index in [0.717, 1.165) is 37.5 Å². The van der Waals surface area contributed by atoms with Crippen molar-refractivity contribution in [1.82, 2.24) is 0 Å². The van der Waals surface area contributed by atoms with Gasteiger partial charge in [0.05, 0.1) is 16.7 Å². The average molecular weight is 295 g/mol. The molecule has 0 heterocycles. The van der Waals surface area contributed by atoms with Gasteiger partial charge >= 0.3 is 5.97 Å². The van der Waals surface area contributed by atoms with E-state index in [4.69, 9.17) is 9.84 Å². The molecule has 114 valence electrons. The first kappa shape index (κ1) is 15.4. The Bertz CT molecular complexity index is 555. The van der Waals surface area contributed by atoms with Gasteiger partial charge in [0.2, 0.25) is 5.91 Å². The Labute approximate surface area is 122 Å². The Morgan fingerprint density at radius 2 is 2.14 bits per heavy atom. The maximum absolute atomic E-state index is 13.7. The highest BCUT2D eigenvalue weighted by molar-refractivity contribution is 5.97. The van der Waals surface area contributed by atoms with Gasteiger partial charge in [0.25, 0.3) is 0 Å². The predicted molar refractivity (Wildman–Crippen MR) is 74.8 cm³/mol. The van der Waals surface area contributed by atoms with Crippen LogP contribution in [0.3, 0.4) is 0 Å². The molecule has 21 heavy (non-hydrogen) atoms. The molecule has 1 fully saturated rings. The number of carbonyl (C=O) groups is 2. The summed E-state index contributed by atoms with van der Waals surface area (Å²) in [4.78, 5) is 23.3. The van der Waals surface area contributed by atoms with Crippen molar-refractivity contribution >= 4 is 17.6 Å². The van der Waals surface area contributed by atoms with Crippen LogP contribution in [-0.4, -0.2) is 30.7 Å². The molecule has 0 saturated heterocycles. The van der Waals surface area contributed by atoms with Crippen LogP contribution < -0.4 is 5.32 Å². The average Bonchev–Trinajstić information content (AvgIpc) is 2.40. The second kappa shape index (κ2) is 6.22. The number of carboxylic acids is 1. The summed E-state index contributed by atoms with van der Waals surface area (Å²) in [7, 11) is 1.57. The molecule has 0 spiro atoms. The third-order valence-corrected chi connectivity index (χ3v) is 4.04. The third kappa shape index (κ3) is 3.21. The molecule has 2 N–H and O–H groups in total. The Morgan fingerprint density at radius 1 is 1.43 bits per heavy atom. The summed E-state index contributed by atoms with van der Waals surface area (Å²) < 4.78 is 18.7. The van der Waals surface area contributed by atoms with Crippen molar-refractivity contribution < 1.29 is 23.8 Å². The number of rotatable bonds is 6. The molecular formula is C15H18FNO4. The third-order valence-electron chi connectivity index (χ3n) is 4.04. The van der Waals surface area contributed by atoms with Crippen molar-refractivity contribution in [2.75, 3.05) is 19.0 Å². The first-order valence-electron chi connectivity index (χ1n) is 6.82. The molecule has 1 saturated carbocycles. The SMILES string of the molecule is COCCC1(C(=O)Nc2cc(C(=O)O)ccc2F)CCC1. The smallest absolute Gasteiger partial charge is 0.335 e. The molecule has 0 aliphatic heterocycles. The van der Waals surface area contributed by atoms with E-state index in [2.05, 4.69) is 5.32 Å². The van der Waals surface area contributed by atoms with E-state index in [1.165, 1.54) is 0 Å². The van der Waals surface area contributed by atoms with Crippen molar-refractivity contribution in [3.05, 3.63) is 29.6 Å². The second-order valence-corrected chi connectivity index (χ2v) is 5.33.